The Balaban J connectivity index is 1.53. The van der Waals surface area contributed by atoms with Crippen molar-refractivity contribution in [1.82, 2.24) is 10.2 Å². The fourth-order valence-corrected chi connectivity index (χ4v) is 4.91. The van der Waals surface area contributed by atoms with Gasteiger partial charge in [0.05, 0.1) is 18.0 Å². The zero-order chi connectivity index (χ0) is 21.3. The number of hydrogen-bond donors (Lipinski definition) is 1. The summed E-state index contributed by atoms with van der Waals surface area (Å²) in [5, 5.41) is 11.8. The van der Waals surface area contributed by atoms with Crippen molar-refractivity contribution >= 4 is 38.1 Å². The van der Waals surface area contributed by atoms with Crippen molar-refractivity contribution in [3.8, 4) is 16.3 Å². The Kier molecular flexibility index (Phi) is 5.44. The van der Waals surface area contributed by atoms with Gasteiger partial charge in [-0.2, -0.15) is 0 Å². The van der Waals surface area contributed by atoms with Crippen molar-refractivity contribution in [2.75, 3.05) is 21.9 Å². The van der Waals surface area contributed by atoms with Crippen LogP contribution in [0.4, 0.5) is 10.8 Å². The number of anilines is 2. The largest absolute Gasteiger partial charge is 0.476 e. The van der Waals surface area contributed by atoms with Crippen LogP contribution in [0.15, 0.2) is 48.5 Å². The first-order valence-electron chi connectivity index (χ1n) is 9.35. The highest BCUT2D eigenvalue weighted by Gasteiger charge is 2.36. The summed E-state index contributed by atoms with van der Waals surface area (Å²) in [4.78, 5) is 12.8. The number of hydrogen-bond acceptors (Lipinski definition) is 7. The molecule has 0 aliphatic carbocycles. The number of benzene rings is 2. The monoisotopic (exact) mass is 444 g/mol. The van der Waals surface area contributed by atoms with E-state index < -0.39 is 22.0 Å². The van der Waals surface area contributed by atoms with E-state index in [-0.39, 0.29) is 12.3 Å². The molecule has 1 aliphatic rings. The number of rotatable bonds is 5. The molecule has 2 heterocycles. The number of ether oxygens (including phenoxy) is 1. The number of para-hydroxylation sites is 2. The normalized spacial score (nSPS) is 15.9. The van der Waals surface area contributed by atoms with Gasteiger partial charge in [0, 0.05) is 5.56 Å². The van der Waals surface area contributed by atoms with E-state index in [9.17, 15) is 13.2 Å². The minimum absolute atomic E-state index is 0.0774. The van der Waals surface area contributed by atoms with Gasteiger partial charge in [-0.3, -0.25) is 14.4 Å². The van der Waals surface area contributed by atoms with Crippen LogP contribution in [0.1, 0.15) is 12.5 Å². The van der Waals surface area contributed by atoms with E-state index in [1.807, 2.05) is 31.2 Å². The maximum absolute atomic E-state index is 12.8. The summed E-state index contributed by atoms with van der Waals surface area (Å²) in [5.74, 6) is -0.211. The number of nitrogens with one attached hydrogen (secondary N) is 1. The van der Waals surface area contributed by atoms with Gasteiger partial charge in [0.2, 0.25) is 15.2 Å². The number of carbonyl (C=O) groups is 1. The summed E-state index contributed by atoms with van der Waals surface area (Å²) in [6.07, 6.45) is -1.01. The molecule has 0 bridgehead atoms. The number of amides is 1. The third kappa shape index (κ3) is 4.01. The molecule has 30 heavy (non-hydrogen) atoms. The van der Waals surface area contributed by atoms with Gasteiger partial charge in [0.1, 0.15) is 10.8 Å². The summed E-state index contributed by atoms with van der Waals surface area (Å²) >= 11 is 1.24. The molecule has 156 valence electrons. The second-order valence-electron chi connectivity index (χ2n) is 6.77. The predicted octanol–water partition coefficient (Wildman–Crippen LogP) is 3.07. The second-order valence-corrected chi connectivity index (χ2v) is 9.93. The van der Waals surface area contributed by atoms with Crippen molar-refractivity contribution in [2.45, 2.75) is 20.0 Å². The molecule has 0 saturated carbocycles. The Morgan fingerprint density at radius 2 is 1.93 bits per heavy atom. The molecule has 0 saturated heterocycles. The molecule has 1 N–H and O–H groups in total. The SMILES string of the molecule is CCS(=O)(=O)N1C[C@@H](C(=O)Nc2nnc(-c3ccc(C)cc3)s2)Oc2ccccc21. The number of aromatic nitrogens is 2. The van der Waals surface area contributed by atoms with E-state index in [1.165, 1.54) is 15.6 Å². The third-order valence-electron chi connectivity index (χ3n) is 4.68. The van der Waals surface area contributed by atoms with Gasteiger partial charge in [0.25, 0.3) is 5.91 Å². The molecule has 0 spiro atoms. The Hall–Kier alpha value is -2.98. The summed E-state index contributed by atoms with van der Waals surface area (Å²) in [7, 11) is -3.56. The van der Waals surface area contributed by atoms with Crippen LogP contribution in [-0.4, -0.2) is 42.9 Å². The Bertz CT molecular complexity index is 1180. The zero-order valence-electron chi connectivity index (χ0n) is 16.4. The average molecular weight is 445 g/mol. The quantitative estimate of drug-likeness (QED) is 0.649. The van der Waals surface area contributed by atoms with Crippen LogP contribution in [0.2, 0.25) is 0 Å². The molecule has 2 aromatic carbocycles. The molecule has 1 amide bonds. The molecular weight excluding hydrogens is 424 g/mol. The van der Waals surface area contributed by atoms with Crippen molar-refractivity contribution < 1.29 is 17.9 Å². The molecule has 1 aromatic heterocycles. The van der Waals surface area contributed by atoms with Gasteiger partial charge in [-0.05, 0) is 26.0 Å². The molecule has 1 atom stereocenters. The van der Waals surface area contributed by atoms with Crippen LogP contribution in [-0.2, 0) is 14.8 Å². The first-order chi connectivity index (χ1) is 14.4. The fourth-order valence-electron chi connectivity index (χ4n) is 3.03. The van der Waals surface area contributed by atoms with Crippen LogP contribution in [0.25, 0.3) is 10.6 Å². The molecule has 4 rings (SSSR count). The lowest BCUT2D eigenvalue weighted by molar-refractivity contribution is -0.122. The van der Waals surface area contributed by atoms with Gasteiger partial charge >= 0.3 is 0 Å². The van der Waals surface area contributed by atoms with Crippen molar-refractivity contribution in [1.29, 1.82) is 0 Å². The number of sulfonamides is 1. The molecule has 0 radical (unpaired) electrons. The molecule has 10 heteroatoms. The van der Waals surface area contributed by atoms with Crippen LogP contribution >= 0.6 is 11.3 Å². The molecule has 0 fully saturated rings. The van der Waals surface area contributed by atoms with Gasteiger partial charge in [-0.15, -0.1) is 10.2 Å². The zero-order valence-corrected chi connectivity index (χ0v) is 18.0. The standard InChI is InChI=1S/C20H20N4O4S2/c1-3-30(26,27)24-12-17(28-16-7-5-4-6-15(16)24)18(25)21-20-23-22-19(29-20)14-10-8-13(2)9-11-14/h4-11,17H,3,12H2,1-2H3,(H,21,23,25)/t17-/m0/s1. The number of nitrogens with zero attached hydrogens (tertiary/aromatic N) is 3. The second kappa shape index (κ2) is 8.04. The summed E-state index contributed by atoms with van der Waals surface area (Å²) in [6, 6.07) is 14.6. The van der Waals surface area contributed by atoms with E-state index >= 15 is 0 Å². The summed E-state index contributed by atoms with van der Waals surface area (Å²) in [6.45, 7) is 3.46. The first kappa shape index (κ1) is 20.3. The highest BCUT2D eigenvalue weighted by Crippen LogP contribution is 2.35. The predicted molar refractivity (Wildman–Crippen MR) is 116 cm³/mol. The van der Waals surface area contributed by atoms with Crippen LogP contribution < -0.4 is 14.4 Å². The summed E-state index contributed by atoms with van der Waals surface area (Å²) in [5.41, 5.74) is 2.47. The van der Waals surface area contributed by atoms with Gasteiger partial charge in [0.15, 0.2) is 6.10 Å². The Labute approximate surface area is 178 Å². The molecule has 0 unspecified atom stereocenters. The molecule has 8 nitrogen and oxygen atoms in total. The highest BCUT2D eigenvalue weighted by molar-refractivity contribution is 7.92. The van der Waals surface area contributed by atoms with E-state index in [4.69, 9.17) is 4.74 Å². The van der Waals surface area contributed by atoms with Crippen molar-refractivity contribution in [3.05, 3.63) is 54.1 Å². The maximum atomic E-state index is 12.8. The van der Waals surface area contributed by atoms with Crippen molar-refractivity contribution in [2.24, 2.45) is 0 Å². The van der Waals surface area contributed by atoms with Gasteiger partial charge < -0.3 is 4.74 Å². The topological polar surface area (TPSA) is 101 Å². The van der Waals surface area contributed by atoms with E-state index in [2.05, 4.69) is 15.5 Å². The van der Waals surface area contributed by atoms with Crippen LogP contribution in [0.5, 0.6) is 5.75 Å². The number of fused-ring (bicyclic) bond motifs is 1. The lowest BCUT2D eigenvalue weighted by Gasteiger charge is -2.34. The highest BCUT2D eigenvalue weighted by atomic mass is 32.2. The Morgan fingerprint density at radius 3 is 2.67 bits per heavy atom. The van der Waals surface area contributed by atoms with E-state index in [1.54, 1.807) is 31.2 Å². The lowest BCUT2D eigenvalue weighted by Crippen LogP contribution is -2.49. The minimum atomic E-state index is -3.56. The first-order valence-corrected chi connectivity index (χ1v) is 11.8. The summed E-state index contributed by atoms with van der Waals surface area (Å²) < 4.78 is 32.1. The lowest BCUT2D eigenvalue weighted by atomic mass is 10.2. The molecule has 1 aliphatic heterocycles. The third-order valence-corrected chi connectivity index (χ3v) is 7.32. The van der Waals surface area contributed by atoms with E-state index in [0.29, 0.717) is 21.6 Å². The van der Waals surface area contributed by atoms with Crippen LogP contribution in [0, 0.1) is 6.92 Å². The van der Waals surface area contributed by atoms with Crippen LogP contribution in [0.3, 0.4) is 0 Å². The number of carbonyl (C=O) groups excluding carboxylic acids is 1. The minimum Gasteiger partial charge on any atom is -0.476 e. The molecular formula is C20H20N4O4S2. The van der Waals surface area contributed by atoms with E-state index in [0.717, 1.165) is 11.1 Å². The number of aryl methyl sites for hydroxylation is 1. The maximum Gasteiger partial charge on any atom is 0.269 e. The van der Waals surface area contributed by atoms with Gasteiger partial charge in [-0.25, -0.2) is 8.42 Å². The fraction of sp³-hybridized carbons (Fsp3) is 0.250. The molecule has 3 aromatic rings. The van der Waals surface area contributed by atoms with Crippen molar-refractivity contribution in [3.63, 3.8) is 0 Å². The Morgan fingerprint density at radius 1 is 1.20 bits per heavy atom. The average Bonchev–Trinajstić information content (AvgIpc) is 3.21. The van der Waals surface area contributed by atoms with Gasteiger partial charge in [-0.1, -0.05) is 53.3 Å². The smallest absolute Gasteiger partial charge is 0.269 e.